The number of pyridine rings is 1. The minimum absolute atomic E-state index is 0.00839. The van der Waals surface area contributed by atoms with E-state index in [2.05, 4.69) is 9.88 Å². The second-order valence-corrected chi connectivity index (χ2v) is 11.3. The molecule has 3 aromatic rings. The zero-order valence-electron chi connectivity index (χ0n) is 22.0. The summed E-state index contributed by atoms with van der Waals surface area (Å²) < 4.78 is 7.31. The van der Waals surface area contributed by atoms with Gasteiger partial charge in [0, 0.05) is 32.6 Å². The topological polar surface area (TPSA) is 101 Å². The molecule has 37 heavy (non-hydrogen) atoms. The van der Waals surface area contributed by atoms with Crippen LogP contribution in [0.3, 0.4) is 0 Å². The molecule has 2 aromatic heterocycles. The summed E-state index contributed by atoms with van der Waals surface area (Å²) in [5.74, 6) is -0.472. The van der Waals surface area contributed by atoms with Crippen LogP contribution in [0.4, 0.5) is 10.5 Å². The normalized spacial score (nSPS) is 18.2. The van der Waals surface area contributed by atoms with Gasteiger partial charge in [-0.05, 0) is 64.2 Å². The van der Waals surface area contributed by atoms with Crippen LogP contribution in [0.1, 0.15) is 68.6 Å². The van der Waals surface area contributed by atoms with E-state index in [1.165, 1.54) is 6.42 Å². The maximum absolute atomic E-state index is 12.5. The molecule has 2 fully saturated rings. The number of anilines is 1. The van der Waals surface area contributed by atoms with Crippen molar-refractivity contribution < 1.29 is 19.4 Å². The van der Waals surface area contributed by atoms with Gasteiger partial charge in [-0.3, -0.25) is 0 Å². The molecule has 1 amide bonds. The average Bonchev–Trinajstić information content (AvgIpc) is 3.42. The predicted molar refractivity (Wildman–Crippen MR) is 142 cm³/mol. The molecule has 1 saturated carbocycles. The summed E-state index contributed by atoms with van der Waals surface area (Å²) in [6.07, 6.45) is 3.88. The highest BCUT2D eigenvalue weighted by Crippen LogP contribution is 2.43. The van der Waals surface area contributed by atoms with Gasteiger partial charge in [0.15, 0.2) is 11.3 Å². The molecule has 1 N–H and O–H groups in total. The second-order valence-electron chi connectivity index (χ2n) is 11.3. The Morgan fingerprint density at radius 2 is 1.89 bits per heavy atom. The first-order valence-corrected chi connectivity index (χ1v) is 13.0. The van der Waals surface area contributed by atoms with Gasteiger partial charge in [0.05, 0.1) is 22.5 Å². The Balaban J connectivity index is 1.50. The molecule has 2 aliphatic rings. The van der Waals surface area contributed by atoms with Gasteiger partial charge in [-0.25, -0.2) is 19.3 Å². The summed E-state index contributed by atoms with van der Waals surface area (Å²) in [6, 6.07) is 11.5. The summed E-state index contributed by atoms with van der Waals surface area (Å²) in [5, 5.41) is 15.9. The minimum Gasteiger partial charge on any atom is -0.477 e. The number of amides is 1. The fourth-order valence-corrected chi connectivity index (χ4v) is 5.20. The summed E-state index contributed by atoms with van der Waals surface area (Å²) >= 11 is 0. The molecule has 9 heteroatoms. The molecule has 0 radical (unpaired) electrons. The van der Waals surface area contributed by atoms with Gasteiger partial charge < -0.3 is 19.6 Å². The largest absolute Gasteiger partial charge is 0.477 e. The Morgan fingerprint density at radius 3 is 2.51 bits per heavy atom. The van der Waals surface area contributed by atoms with Gasteiger partial charge in [0.25, 0.3) is 0 Å². The SMILES string of the molecule is CN(CC1CCN(c2cc(C(=O)O)nc3c2c(C2CCC2)nn3-c2ccccc2)C1)C(=O)OC(C)(C)C. The molecule has 1 aromatic carbocycles. The Bertz CT molecular complexity index is 1310. The van der Waals surface area contributed by atoms with Crippen molar-refractivity contribution in [2.45, 2.75) is 58.0 Å². The molecule has 0 bridgehead atoms. The zero-order chi connectivity index (χ0) is 26.3. The maximum atomic E-state index is 12.5. The van der Waals surface area contributed by atoms with Crippen LogP contribution >= 0.6 is 0 Å². The minimum atomic E-state index is -1.06. The molecular weight excluding hydrogens is 470 g/mol. The fraction of sp³-hybridized carbons (Fsp3) is 0.500. The first-order valence-electron chi connectivity index (χ1n) is 13.0. The third-order valence-electron chi connectivity index (χ3n) is 7.22. The van der Waals surface area contributed by atoms with Gasteiger partial charge in [0.2, 0.25) is 0 Å². The summed E-state index contributed by atoms with van der Waals surface area (Å²) in [7, 11) is 1.77. The molecule has 1 saturated heterocycles. The van der Waals surface area contributed by atoms with Crippen LogP contribution in [0.15, 0.2) is 36.4 Å². The lowest BCUT2D eigenvalue weighted by Crippen LogP contribution is -2.37. The van der Waals surface area contributed by atoms with E-state index in [-0.39, 0.29) is 17.7 Å². The van der Waals surface area contributed by atoms with Crippen molar-refractivity contribution in [2.24, 2.45) is 5.92 Å². The van der Waals surface area contributed by atoms with E-state index < -0.39 is 11.6 Å². The Kier molecular flexibility index (Phi) is 6.56. The highest BCUT2D eigenvalue weighted by molar-refractivity contribution is 5.98. The number of hydrogen-bond donors (Lipinski definition) is 1. The third-order valence-corrected chi connectivity index (χ3v) is 7.22. The lowest BCUT2D eigenvalue weighted by Gasteiger charge is -2.27. The fourth-order valence-electron chi connectivity index (χ4n) is 5.20. The van der Waals surface area contributed by atoms with Crippen LogP contribution in [-0.4, -0.2) is 69.1 Å². The molecule has 1 aliphatic heterocycles. The van der Waals surface area contributed by atoms with Crippen molar-refractivity contribution in [1.82, 2.24) is 19.7 Å². The molecule has 0 spiro atoms. The molecule has 9 nitrogen and oxygen atoms in total. The third kappa shape index (κ3) is 5.12. The highest BCUT2D eigenvalue weighted by atomic mass is 16.6. The van der Waals surface area contributed by atoms with Crippen LogP contribution < -0.4 is 4.90 Å². The number of carbonyl (C=O) groups excluding carboxylic acids is 1. The summed E-state index contributed by atoms with van der Waals surface area (Å²) in [4.78, 5) is 33.0. The van der Waals surface area contributed by atoms with Crippen molar-refractivity contribution >= 4 is 28.8 Å². The van der Waals surface area contributed by atoms with Crippen molar-refractivity contribution in [3.05, 3.63) is 47.8 Å². The van der Waals surface area contributed by atoms with E-state index >= 15 is 0 Å². The number of aromatic carboxylic acids is 1. The van der Waals surface area contributed by atoms with Crippen molar-refractivity contribution in [3.63, 3.8) is 0 Å². The summed E-state index contributed by atoms with van der Waals surface area (Å²) in [5.41, 5.74) is 2.77. The number of nitrogens with zero attached hydrogens (tertiary/aromatic N) is 5. The van der Waals surface area contributed by atoms with Gasteiger partial charge >= 0.3 is 12.1 Å². The van der Waals surface area contributed by atoms with Crippen LogP contribution in [0.2, 0.25) is 0 Å². The Morgan fingerprint density at radius 1 is 1.16 bits per heavy atom. The van der Waals surface area contributed by atoms with E-state index in [0.717, 1.165) is 48.3 Å². The molecule has 1 atom stereocenters. The standard InChI is InChI=1S/C28H35N5O4/c1-28(2,3)37-27(36)31(4)16-18-13-14-32(17-18)22-15-21(26(34)35)29-25-23(22)24(19-9-8-10-19)30-33(25)20-11-6-5-7-12-20/h5-7,11-12,15,18-19H,8-10,13-14,16-17H2,1-4H3,(H,34,35). The lowest BCUT2D eigenvalue weighted by atomic mass is 9.82. The molecule has 3 heterocycles. The number of fused-ring (bicyclic) bond motifs is 1. The maximum Gasteiger partial charge on any atom is 0.410 e. The van der Waals surface area contributed by atoms with E-state index in [1.54, 1.807) is 22.7 Å². The molecule has 1 aliphatic carbocycles. The predicted octanol–water partition coefficient (Wildman–Crippen LogP) is 5.08. The number of benzene rings is 1. The molecular formula is C28H35N5O4. The quantitative estimate of drug-likeness (QED) is 0.499. The van der Waals surface area contributed by atoms with Crippen LogP contribution in [0.5, 0.6) is 0 Å². The van der Waals surface area contributed by atoms with E-state index in [0.29, 0.717) is 24.7 Å². The van der Waals surface area contributed by atoms with Gasteiger partial charge in [-0.2, -0.15) is 5.10 Å². The van der Waals surface area contributed by atoms with Crippen molar-refractivity contribution in [3.8, 4) is 5.69 Å². The highest BCUT2D eigenvalue weighted by Gasteiger charge is 2.33. The number of para-hydroxylation sites is 1. The zero-order valence-corrected chi connectivity index (χ0v) is 22.0. The number of carboxylic acid groups (broad SMARTS) is 1. The van der Waals surface area contributed by atoms with Crippen LogP contribution in [0, 0.1) is 5.92 Å². The molecule has 1 unspecified atom stereocenters. The van der Waals surface area contributed by atoms with E-state index in [4.69, 9.17) is 9.84 Å². The average molecular weight is 506 g/mol. The Labute approximate surface area is 217 Å². The van der Waals surface area contributed by atoms with Crippen molar-refractivity contribution in [1.29, 1.82) is 0 Å². The number of rotatable bonds is 6. The van der Waals surface area contributed by atoms with Gasteiger partial charge in [-0.15, -0.1) is 0 Å². The lowest BCUT2D eigenvalue weighted by molar-refractivity contribution is 0.0277. The first-order chi connectivity index (χ1) is 17.6. The van der Waals surface area contributed by atoms with Gasteiger partial charge in [-0.1, -0.05) is 24.6 Å². The number of carbonyl (C=O) groups is 2. The van der Waals surface area contributed by atoms with E-state index in [1.807, 2.05) is 51.1 Å². The number of ether oxygens (including phenoxy) is 1. The monoisotopic (exact) mass is 505 g/mol. The smallest absolute Gasteiger partial charge is 0.410 e. The van der Waals surface area contributed by atoms with Crippen LogP contribution in [-0.2, 0) is 4.74 Å². The first kappa shape index (κ1) is 25.0. The molecule has 5 rings (SSSR count). The number of hydrogen-bond acceptors (Lipinski definition) is 6. The Hall–Kier alpha value is -3.62. The number of aromatic nitrogens is 3. The van der Waals surface area contributed by atoms with E-state index in [9.17, 15) is 14.7 Å². The van der Waals surface area contributed by atoms with Gasteiger partial charge in [0.1, 0.15) is 5.60 Å². The molecule has 196 valence electrons. The second kappa shape index (κ2) is 9.68. The van der Waals surface area contributed by atoms with Crippen molar-refractivity contribution in [2.75, 3.05) is 31.6 Å². The van der Waals surface area contributed by atoms with Crippen LogP contribution in [0.25, 0.3) is 16.7 Å². The number of carboxylic acids is 1. The summed E-state index contributed by atoms with van der Waals surface area (Å²) in [6.45, 7) is 7.64.